The van der Waals surface area contributed by atoms with Crippen molar-refractivity contribution in [3.63, 3.8) is 0 Å². The topological polar surface area (TPSA) is 23.5 Å². The summed E-state index contributed by atoms with van der Waals surface area (Å²) >= 11 is 0. The summed E-state index contributed by atoms with van der Waals surface area (Å²) in [5, 5.41) is 9.81. The Kier molecular flexibility index (Phi) is 4.19. The number of aliphatic hydroxyl groups excluding tert-OH is 1. The Morgan fingerprint density at radius 2 is 2.06 bits per heavy atom. The molecule has 0 spiro atoms. The number of hydrogen-bond donors (Lipinski definition) is 1. The Balaban J connectivity index is 2.00. The minimum atomic E-state index is -0.181. The maximum atomic E-state index is 9.81. The fourth-order valence-electron chi connectivity index (χ4n) is 2.19. The summed E-state index contributed by atoms with van der Waals surface area (Å²) in [5.41, 5.74) is 2.74. The molecule has 0 aliphatic heterocycles. The van der Waals surface area contributed by atoms with Crippen LogP contribution in [0.15, 0.2) is 24.3 Å². The van der Waals surface area contributed by atoms with Gasteiger partial charge < -0.3 is 5.11 Å². The van der Waals surface area contributed by atoms with Gasteiger partial charge in [0.1, 0.15) is 0 Å². The minimum absolute atomic E-state index is 0.181. The van der Waals surface area contributed by atoms with Gasteiger partial charge in [-0.05, 0) is 37.3 Å². The Morgan fingerprint density at radius 3 is 2.65 bits per heavy atom. The number of nitrogens with zero attached hydrogens (tertiary/aromatic N) is 1. The molecule has 2 nitrogen and oxygen atoms in total. The zero-order chi connectivity index (χ0) is 12.3. The fraction of sp³-hybridized carbons (Fsp3) is 0.600. The number of benzene rings is 1. The molecule has 0 aromatic heterocycles. The first kappa shape index (κ1) is 12.6. The van der Waals surface area contributed by atoms with E-state index in [0.29, 0.717) is 6.04 Å². The van der Waals surface area contributed by atoms with Crippen molar-refractivity contribution < 1.29 is 5.11 Å². The van der Waals surface area contributed by atoms with E-state index in [9.17, 15) is 5.11 Å². The molecule has 1 unspecified atom stereocenters. The van der Waals surface area contributed by atoms with Crippen LogP contribution < -0.4 is 0 Å². The first-order valence-electron chi connectivity index (χ1n) is 6.67. The van der Waals surface area contributed by atoms with Gasteiger partial charge in [0.2, 0.25) is 0 Å². The largest absolute Gasteiger partial charge is 0.392 e. The van der Waals surface area contributed by atoms with Gasteiger partial charge in [-0.1, -0.05) is 31.2 Å². The van der Waals surface area contributed by atoms with Crippen LogP contribution in [0.5, 0.6) is 0 Å². The van der Waals surface area contributed by atoms with Gasteiger partial charge in [-0.15, -0.1) is 0 Å². The van der Waals surface area contributed by atoms with Crippen molar-refractivity contribution in [2.24, 2.45) is 0 Å². The Bertz CT molecular complexity index is 360. The molecule has 1 aliphatic carbocycles. The molecule has 2 rings (SSSR count). The van der Waals surface area contributed by atoms with Gasteiger partial charge in [-0.25, -0.2) is 0 Å². The van der Waals surface area contributed by atoms with Crippen LogP contribution in [0, 0.1) is 6.92 Å². The third-order valence-electron chi connectivity index (χ3n) is 3.61. The predicted octanol–water partition coefficient (Wildman–Crippen LogP) is 2.73. The molecule has 1 aromatic carbocycles. The van der Waals surface area contributed by atoms with Crippen molar-refractivity contribution in [3.05, 3.63) is 35.4 Å². The molecule has 94 valence electrons. The zero-order valence-corrected chi connectivity index (χ0v) is 10.9. The summed E-state index contributed by atoms with van der Waals surface area (Å²) in [4.78, 5) is 2.44. The smallest absolute Gasteiger partial charge is 0.0664 e. The molecule has 1 atom stereocenters. The van der Waals surface area contributed by atoms with Crippen LogP contribution in [-0.4, -0.2) is 28.7 Å². The zero-order valence-electron chi connectivity index (χ0n) is 10.9. The molecule has 2 heteroatoms. The van der Waals surface area contributed by atoms with E-state index in [0.717, 1.165) is 19.5 Å². The van der Waals surface area contributed by atoms with E-state index in [4.69, 9.17) is 0 Å². The second-order valence-electron chi connectivity index (χ2n) is 5.15. The predicted molar refractivity (Wildman–Crippen MR) is 70.9 cm³/mol. The lowest BCUT2D eigenvalue weighted by Crippen LogP contribution is -2.33. The number of hydrogen-bond acceptors (Lipinski definition) is 2. The molecule has 0 radical (unpaired) electrons. The van der Waals surface area contributed by atoms with Crippen LogP contribution in [0.1, 0.15) is 37.3 Å². The Morgan fingerprint density at radius 1 is 1.35 bits per heavy atom. The molecule has 1 N–H and O–H groups in total. The second kappa shape index (κ2) is 5.65. The minimum Gasteiger partial charge on any atom is -0.392 e. The highest BCUT2D eigenvalue weighted by molar-refractivity contribution is 5.25. The molecule has 17 heavy (non-hydrogen) atoms. The molecule has 0 saturated heterocycles. The molecule has 0 bridgehead atoms. The van der Waals surface area contributed by atoms with Crippen molar-refractivity contribution in [3.8, 4) is 0 Å². The maximum absolute atomic E-state index is 9.81. The van der Waals surface area contributed by atoms with E-state index in [1.807, 2.05) is 6.92 Å². The molecular weight excluding hydrogens is 210 g/mol. The number of aliphatic hydroxyl groups is 1. The van der Waals surface area contributed by atoms with Gasteiger partial charge in [0.15, 0.2) is 0 Å². The van der Waals surface area contributed by atoms with E-state index < -0.39 is 0 Å². The first-order chi connectivity index (χ1) is 8.20. The SMILES string of the molecule is CCC(O)CN(Cc1ccccc1C)C1CC1. The summed E-state index contributed by atoms with van der Waals surface area (Å²) in [6, 6.07) is 9.25. The highest BCUT2D eigenvalue weighted by atomic mass is 16.3. The van der Waals surface area contributed by atoms with Crippen LogP contribution in [-0.2, 0) is 6.54 Å². The summed E-state index contributed by atoms with van der Waals surface area (Å²) in [5.74, 6) is 0. The van der Waals surface area contributed by atoms with Gasteiger partial charge in [0.05, 0.1) is 6.10 Å². The van der Waals surface area contributed by atoms with Crippen molar-refractivity contribution in [2.75, 3.05) is 6.54 Å². The lowest BCUT2D eigenvalue weighted by Gasteiger charge is -2.25. The monoisotopic (exact) mass is 233 g/mol. The maximum Gasteiger partial charge on any atom is 0.0664 e. The van der Waals surface area contributed by atoms with E-state index in [2.05, 4.69) is 36.1 Å². The van der Waals surface area contributed by atoms with E-state index in [-0.39, 0.29) is 6.10 Å². The van der Waals surface area contributed by atoms with Crippen molar-refractivity contribution >= 4 is 0 Å². The molecule has 1 fully saturated rings. The number of aryl methyl sites for hydroxylation is 1. The number of rotatable bonds is 6. The van der Waals surface area contributed by atoms with Crippen LogP contribution >= 0.6 is 0 Å². The lowest BCUT2D eigenvalue weighted by atomic mass is 10.1. The van der Waals surface area contributed by atoms with Crippen LogP contribution in [0.25, 0.3) is 0 Å². The van der Waals surface area contributed by atoms with Gasteiger partial charge in [-0.3, -0.25) is 4.90 Å². The van der Waals surface area contributed by atoms with Crippen LogP contribution in [0.4, 0.5) is 0 Å². The molecule has 1 saturated carbocycles. The Hall–Kier alpha value is -0.860. The van der Waals surface area contributed by atoms with Crippen LogP contribution in [0.3, 0.4) is 0 Å². The molecule has 1 aromatic rings. The third-order valence-corrected chi connectivity index (χ3v) is 3.61. The average molecular weight is 233 g/mol. The van der Waals surface area contributed by atoms with E-state index in [1.165, 1.54) is 24.0 Å². The van der Waals surface area contributed by atoms with Gasteiger partial charge >= 0.3 is 0 Å². The summed E-state index contributed by atoms with van der Waals surface area (Å²) < 4.78 is 0. The molecular formula is C15H23NO. The average Bonchev–Trinajstić information content (AvgIpc) is 3.15. The lowest BCUT2D eigenvalue weighted by molar-refractivity contribution is 0.101. The molecule has 0 amide bonds. The first-order valence-corrected chi connectivity index (χ1v) is 6.67. The highest BCUT2D eigenvalue weighted by Crippen LogP contribution is 2.29. The van der Waals surface area contributed by atoms with Gasteiger partial charge in [0, 0.05) is 19.1 Å². The van der Waals surface area contributed by atoms with E-state index in [1.54, 1.807) is 0 Å². The van der Waals surface area contributed by atoms with Gasteiger partial charge in [0.25, 0.3) is 0 Å². The van der Waals surface area contributed by atoms with E-state index >= 15 is 0 Å². The standard InChI is InChI=1S/C15H23NO/c1-3-15(17)11-16(14-8-9-14)10-13-7-5-4-6-12(13)2/h4-7,14-15,17H,3,8-11H2,1-2H3. The van der Waals surface area contributed by atoms with Crippen molar-refractivity contribution in [2.45, 2.75) is 51.8 Å². The Labute approximate surface area is 104 Å². The quantitative estimate of drug-likeness (QED) is 0.816. The van der Waals surface area contributed by atoms with Crippen LogP contribution in [0.2, 0.25) is 0 Å². The summed E-state index contributed by atoms with van der Waals surface area (Å²) in [7, 11) is 0. The normalized spacial score (nSPS) is 17.4. The van der Waals surface area contributed by atoms with Crippen molar-refractivity contribution in [1.29, 1.82) is 0 Å². The summed E-state index contributed by atoms with van der Waals surface area (Å²) in [6.07, 6.45) is 3.25. The second-order valence-corrected chi connectivity index (χ2v) is 5.15. The molecule has 1 aliphatic rings. The van der Waals surface area contributed by atoms with Gasteiger partial charge in [-0.2, -0.15) is 0 Å². The van der Waals surface area contributed by atoms with Crippen molar-refractivity contribution in [1.82, 2.24) is 4.90 Å². The summed E-state index contributed by atoms with van der Waals surface area (Å²) in [6.45, 7) is 6.00. The molecule has 0 heterocycles. The highest BCUT2D eigenvalue weighted by Gasteiger charge is 2.30. The third kappa shape index (κ3) is 3.55. The fourth-order valence-corrected chi connectivity index (χ4v) is 2.19.